The predicted molar refractivity (Wildman–Crippen MR) is 120 cm³/mol. The van der Waals surface area contributed by atoms with Crippen molar-refractivity contribution in [2.75, 3.05) is 0 Å². The Morgan fingerprint density at radius 3 is 2.65 bits per heavy atom. The molecule has 0 saturated heterocycles. The lowest BCUT2D eigenvalue weighted by atomic mass is 9.85. The Morgan fingerprint density at radius 1 is 1.03 bits per heavy atom. The first kappa shape index (κ1) is 18.7. The Kier molecular flexibility index (Phi) is 4.59. The van der Waals surface area contributed by atoms with E-state index in [0.29, 0.717) is 5.92 Å². The summed E-state index contributed by atoms with van der Waals surface area (Å²) in [5.41, 5.74) is 4.63. The number of pyridine rings is 1. The molecule has 2 saturated carbocycles. The summed E-state index contributed by atoms with van der Waals surface area (Å²) in [4.78, 5) is 26.0. The summed E-state index contributed by atoms with van der Waals surface area (Å²) in [6.07, 6.45) is 18.1. The molecule has 1 N–H and O–H groups in total. The van der Waals surface area contributed by atoms with E-state index in [9.17, 15) is 4.79 Å². The number of aromatic nitrogens is 5. The van der Waals surface area contributed by atoms with Gasteiger partial charge < -0.3 is 4.98 Å². The Balaban J connectivity index is 1.37. The van der Waals surface area contributed by atoms with Crippen LogP contribution in [0.3, 0.4) is 0 Å². The molecule has 0 spiro atoms. The first-order chi connectivity index (χ1) is 15.3. The molecule has 2 aliphatic carbocycles. The summed E-state index contributed by atoms with van der Waals surface area (Å²) in [6.45, 7) is 0. The van der Waals surface area contributed by atoms with Crippen LogP contribution in [0.25, 0.3) is 27.7 Å². The van der Waals surface area contributed by atoms with Gasteiger partial charge in [-0.3, -0.25) is 4.79 Å². The third kappa shape index (κ3) is 3.25. The maximum Gasteiger partial charge on any atom is 0.169 e. The zero-order valence-electron chi connectivity index (χ0n) is 17.7. The van der Waals surface area contributed by atoms with Crippen molar-refractivity contribution in [3.8, 4) is 11.1 Å². The van der Waals surface area contributed by atoms with Crippen LogP contribution in [0.4, 0.5) is 0 Å². The molecule has 158 valence electrons. The van der Waals surface area contributed by atoms with E-state index in [1.54, 1.807) is 6.20 Å². The lowest BCUT2D eigenvalue weighted by Gasteiger charge is -2.23. The fourth-order valence-corrected chi connectivity index (χ4v) is 5.12. The Labute approximate surface area is 181 Å². The number of rotatable bonds is 4. The van der Waals surface area contributed by atoms with Crippen molar-refractivity contribution in [2.45, 2.75) is 63.7 Å². The second-order valence-corrected chi connectivity index (χ2v) is 9.18. The molecule has 6 rings (SSSR count). The largest absolute Gasteiger partial charge is 0.345 e. The lowest BCUT2D eigenvalue weighted by molar-refractivity contribution is 0.0909. The van der Waals surface area contributed by atoms with Crippen LogP contribution in [0.1, 0.15) is 79.9 Å². The summed E-state index contributed by atoms with van der Waals surface area (Å²) in [5.74, 6) is 1.85. The SMILES string of the molecule is O=C(c1cnn2ccc(-c3c[nH]c4nc(C5CCC5)ncc34)cc12)C1CCCCCC1. The Bertz CT molecular complexity index is 1260. The van der Waals surface area contributed by atoms with Crippen LogP contribution in [0.2, 0.25) is 0 Å². The molecule has 0 aliphatic heterocycles. The molecule has 4 heterocycles. The van der Waals surface area contributed by atoms with Crippen LogP contribution in [0.15, 0.2) is 36.9 Å². The smallest absolute Gasteiger partial charge is 0.169 e. The third-order valence-electron chi connectivity index (χ3n) is 7.25. The van der Waals surface area contributed by atoms with E-state index >= 15 is 0 Å². The number of aromatic amines is 1. The minimum atomic E-state index is 0.130. The average molecular weight is 414 g/mol. The standard InChI is InChI=1S/C25H27N5O/c31-23(16-6-3-1-2-4-7-16)21-15-28-30-11-10-18(12-22(21)30)19-13-27-25-20(19)14-26-24(29-25)17-8-5-9-17/h10-17H,1-9H2,(H,26,27,29). The Hall–Kier alpha value is -3.02. The minimum Gasteiger partial charge on any atom is -0.345 e. The topological polar surface area (TPSA) is 75.9 Å². The number of nitrogens with one attached hydrogen (secondary N) is 1. The predicted octanol–water partition coefficient (Wildman–Crippen LogP) is 5.69. The van der Waals surface area contributed by atoms with E-state index in [2.05, 4.69) is 21.1 Å². The van der Waals surface area contributed by atoms with E-state index in [4.69, 9.17) is 4.98 Å². The molecule has 0 amide bonds. The van der Waals surface area contributed by atoms with Gasteiger partial charge in [0.15, 0.2) is 5.78 Å². The summed E-state index contributed by atoms with van der Waals surface area (Å²) < 4.78 is 1.81. The van der Waals surface area contributed by atoms with Gasteiger partial charge in [-0.1, -0.05) is 32.1 Å². The van der Waals surface area contributed by atoms with Crippen molar-refractivity contribution in [3.63, 3.8) is 0 Å². The lowest BCUT2D eigenvalue weighted by Crippen LogP contribution is -2.13. The number of hydrogen-bond donors (Lipinski definition) is 1. The molecule has 0 bridgehead atoms. The fraction of sp³-hybridized carbons (Fsp3) is 0.440. The van der Waals surface area contributed by atoms with Gasteiger partial charge in [0, 0.05) is 41.4 Å². The van der Waals surface area contributed by atoms with E-state index in [1.165, 1.54) is 32.1 Å². The van der Waals surface area contributed by atoms with Crippen LogP contribution in [-0.4, -0.2) is 30.3 Å². The number of ketones is 1. The minimum absolute atomic E-state index is 0.130. The molecule has 2 aliphatic rings. The van der Waals surface area contributed by atoms with Crippen molar-refractivity contribution >= 4 is 22.3 Å². The zero-order chi connectivity index (χ0) is 20.8. The van der Waals surface area contributed by atoms with Crippen molar-refractivity contribution in [1.82, 2.24) is 24.6 Å². The van der Waals surface area contributed by atoms with Crippen LogP contribution in [-0.2, 0) is 0 Å². The number of Topliss-reactive ketones (excluding diaryl/α,β-unsaturated/α-hetero) is 1. The van der Waals surface area contributed by atoms with Crippen molar-refractivity contribution < 1.29 is 4.79 Å². The monoisotopic (exact) mass is 413 g/mol. The molecule has 4 aromatic heterocycles. The molecular formula is C25H27N5O. The quantitative estimate of drug-likeness (QED) is 0.344. The number of H-pyrrole nitrogens is 1. The van der Waals surface area contributed by atoms with Gasteiger partial charge in [-0.2, -0.15) is 5.10 Å². The molecular weight excluding hydrogens is 386 g/mol. The number of carbonyl (C=O) groups excluding carboxylic acids is 1. The van der Waals surface area contributed by atoms with Gasteiger partial charge in [0.05, 0.1) is 17.3 Å². The van der Waals surface area contributed by atoms with Gasteiger partial charge in [0.1, 0.15) is 11.5 Å². The molecule has 0 unspecified atom stereocenters. The Morgan fingerprint density at radius 2 is 1.87 bits per heavy atom. The summed E-state index contributed by atoms with van der Waals surface area (Å²) in [5, 5.41) is 5.47. The normalized spacial score (nSPS) is 18.3. The van der Waals surface area contributed by atoms with Gasteiger partial charge in [-0.25, -0.2) is 14.5 Å². The van der Waals surface area contributed by atoms with Gasteiger partial charge >= 0.3 is 0 Å². The van der Waals surface area contributed by atoms with E-state index in [-0.39, 0.29) is 11.7 Å². The van der Waals surface area contributed by atoms with Crippen LogP contribution in [0, 0.1) is 5.92 Å². The first-order valence-corrected chi connectivity index (χ1v) is 11.6. The van der Waals surface area contributed by atoms with Crippen LogP contribution >= 0.6 is 0 Å². The van der Waals surface area contributed by atoms with Gasteiger partial charge in [0.2, 0.25) is 0 Å². The second-order valence-electron chi connectivity index (χ2n) is 9.18. The van der Waals surface area contributed by atoms with Crippen molar-refractivity contribution in [1.29, 1.82) is 0 Å². The maximum atomic E-state index is 13.3. The highest BCUT2D eigenvalue weighted by atomic mass is 16.1. The van der Waals surface area contributed by atoms with Crippen molar-refractivity contribution in [3.05, 3.63) is 48.3 Å². The highest BCUT2D eigenvalue weighted by molar-refractivity contribution is 6.04. The van der Waals surface area contributed by atoms with Crippen LogP contribution < -0.4 is 0 Å². The highest BCUT2D eigenvalue weighted by Gasteiger charge is 2.25. The van der Waals surface area contributed by atoms with Gasteiger partial charge in [-0.05, 0) is 43.4 Å². The van der Waals surface area contributed by atoms with Crippen molar-refractivity contribution in [2.24, 2.45) is 5.92 Å². The third-order valence-corrected chi connectivity index (χ3v) is 7.25. The summed E-state index contributed by atoms with van der Waals surface area (Å²) in [6, 6.07) is 4.13. The number of hydrogen-bond acceptors (Lipinski definition) is 4. The molecule has 0 atom stereocenters. The van der Waals surface area contributed by atoms with Gasteiger partial charge in [-0.15, -0.1) is 0 Å². The number of nitrogens with zero attached hydrogens (tertiary/aromatic N) is 4. The highest BCUT2D eigenvalue weighted by Crippen LogP contribution is 2.36. The maximum absolute atomic E-state index is 13.3. The van der Waals surface area contributed by atoms with Gasteiger partial charge in [0.25, 0.3) is 0 Å². The summed E-state index contributed by atoms with van der Waals surface area (Å²) >= 11 is 0. The molecule has 6 heteroatoms. The van der Waals surface area contributed by atoms with E-state index in [0.717, 1.165) is 64.7 Å². The molecule has 0 aromatic carbocycles. The summed E-state index contributed by atoms with van der Waals surface area (Å²) in [7, 11) is 0. The first-order valence-electron chi connectivity index (χ1n) is 11.6. The molecule has 6 nitrogen and oxygen atoms in total. The molecule has 4 aromatic rings. The zero-order valence-corrected chi connectivity index (χ0v) is 17.7. The number of fused-ring (bicyclic) bond motifs is 2. The average Bonchev–Trinajstić information content (AvgIpc) is 3.26. The molecule has 31 heavy (non-hydrogen) atoms. The fourth-order valence-electron chi connectivity index (χ4n) is 5.12. The molecule has 2 fully saturated rings. The van der Waals surface area contributed by atoms with E-state index in [1.807, 2.05) is 29.2 Å². The second kappa shape index (κ2) is 7.59. The van der Waals surface area contributed by atoms with Crippen LogP contribution in [0.5, 0.6) is 0 Å². The van der Waals surface area contributed by atoms with E-state index < -0.39 is 0 Å². The molecule has 0 radical (unpaired) electrons. The number of carbonyl (C=O) groups is 1.